The van der Waals surface area contributed by atoms with E-state index in [0.717, 1.165) is 11.1 Å². The zero-order valence-electron chi connectivity index (χ0n) is 12.5. The van der Waals surface area contributed by atoms with Crippen LogP contribution in [0.5, 0.6) is 5.75 Å². The average molecular weight is 300 g/mol. The Hall–Kier alpha value is -2.47. The fourth-order valence-electron chi connectivity index (χ4n) is 2.28. The molecule has 1 aromatic heterocycles. The Morgan fingerprint density at radius 1 is 1.23 bits per heavy atom. The molecule has 5 nitrogen and oxygen atoms in total. The van der Waals surface area contributed by atoms with Crippen LogP contribution in [0, 0.1) is 5.82 Å². The molecule has 3 rings (SSSR count). The van der Waals surface area contributed by atoms with Gasteiger partial charge in [0.15, 0.2) is 0 Å². The summed E-state index contributed by atoms with van der Waals surface area (Å²) in [7, 11) is 0. The van der Waals surface area contributed by atoms with Gasteiger partial charge in [-0.3, -0.25) is 0 Å². The molecular formula is C16H17FN4O. The lowest BCUT2D eigenvalue weighted by Crippen LogP contribution is -2.05. The number of hydrogen-bond donors (Lipinski definition) is 1. The SMILES string of the molecule is CC(C)Oc1ccc2c(c1)nnn2-c1ccc(CN)cc1F. The zero-order chi connectivity index (χ0) is 15.7. The fraction of sp³-hybridized carbons (Fsp3) is 0.250. The van der Waals surface area contributed by atoms with Gasteiger partial charge in [0.05, 0.1) is 11.6 Å². The Bertz CT molecular complexity index is 813. The third-order valence-corrected chi connectivity index (χ3v) is 3.26. The largest absolute Gasteiger partial charge is 0.491 e. The van der Waals surface area contributed by atoms with Gasteiger partial charge in [0.25, 0.3) is 0 Å². The molecule has 0 aliphatic carbocycles. The van der Waals surface area contributed by atoms with Crippen molar-refractivity contribution < 1.29 is 9.13 Å². The molecule has 0 spiro atoms. The molecule has 22 heavy (non-hydrogen) atoms. The van der Waals surface area contributed by atoms with Crippen LogP contribution in [0.2, 0.25) is 0 Å². The highest BCUT2D eigenvalue weighted by atomic mass is 19.1. The molecule has 114 valence electrons. The molecule has 0 unspecified atom stereocenters. The van der Waals surface area contributed by atoms with E-state index in [9.17, 15) is 4.39 Å². The molecule has 0 fully saturated rings. The molecule has 2 aromatic carbocycles. The lowest BCUT2D eigenvalue weighted by atomic mass is 10.2. The van der Waals surface area contributed by atoms with Crippen molar-refractivity contribution in [2.24, 2.45) is 5.73 Å². The number of nitrogens with zero attached hydrogens (tertiary/aromatic N) is 3. The average Bonchev–Trinajstić information content (AvgIpc) is 2.89. The van der Waals surface area contributed by atoms with Gasteiger partial charge in [-0.25, -0.2) is 9.07 Å². The van der Waals surface area contributed by atoms with Crippen molar-refractivity contribution in [1.29, 1.82) is 0 Å². The van der Waals surface area contributed by atoms with Crippen LogP contribution >= 0.6 is 0 Å². The Kier molecular flexibility index (Phi) is 3.77. The molecule has 0 atom stereocenters. The second kappa shape index (κ2) is 5.73. The van der Waals surface area contributed by atoms with E-state index in [1.54, 1.807) is 18.2 Å². The van der Waals surface area contributed by atoms with Gasteiger partial charge < -0.3 is 10.5 Å². The summed E-state index contributed by atoms with van der Waals surface area (Å²) in [5, 5.41) is 8.13. The summed E-state index contributed by atoms with van der Waals surface area (Å²) >= 11 is 0. The molecule has 0 aliphatic rings. The van der Waals surface area contributed by atoms with E-state index in [0.29, 0.717) is 23.5 Å². The van der Waals surface area contributed by atoms with Crippen molar-refractivity contribution >= 4 is 11.0 Å². The highest BCUT2D eigenvalue weighted by Crippen LogP contribution is 2.23. The van der Waals surface area contributed by atoms with Gasteiger partial charge >= 0.3 is 0 Å². The Balaban J connectivity index is 2.05. The van der Waals surface area contributed by atoms with Crippen LogP contribution in [0.25, 0.3) is 16.7 Å². The first-order chi connectivity index (χ1) is 10.6. The van der Waals surface area contributed by atoms with Crippen LogP contribution in [0.1, 0.15) is 19.4 Å². The van der Waals surface area contributed by atoms with Gasteiger partial charge in [-0.15, -0.1) is 5.10 Å². The number of aromatic nitrogens is 3. The maximum atomic E-state index is 14.2. The quantitative estimate of drug-likeness (QED) is 0.804. The van der Waals surface area contributed by atoms with Crippen molar-refractivity contribution in [3.8, 4) is 11.4 Å². The number of hydrogen-bond acceptors (Lipinski definition) is 4. The number of ether oxygens (including phenoxy) is 1. The maximum Gasteiger partial charge on any atom is 0.149 e. The van der Waals surface area contributed by atoms with Crippen molar-refractivity contribution in [2.75, 3.05) is 0 Å². The molecule has 0 saturated carbocycles. The monoisotopic (exact) mass is 300 g/mol. The molecule has 0 amide bonds. The third-order valence-electron chi connectivity index (χ3n) is 3.26. The fourth-order valence-corrected chi connectivity index (χ4v) is 2.28. The van der Waals surface area contributed by atoms with E-state index in [-0.39, 0.29) is 11.9 Å². The van der Waals surface area contributed by atoms with Crippen LogP contribution in [0.3, 0.4) is 0 Å². The van der Waals surface area contributed by atoms with Gasteiger partial charge in [-0.2, -0.15) is 0 Å². The molecule has 2 N–H and O–H groups in total. The van der Waals surface area contributed by atoms with Crippen LogP contribution in [-0.2, 0) is 6.54 Å². The number of fused-ring (bicyclic) bond motifs is 1. The second-order valence-electron chi connectivity index (χ2n) is 5.31. The Labute approximate surface area is 127 Å². The molecule has 0 bridgehead atoms. The van der Waals surface area contributed by atoms with Gasteiger partial charge in [-0.1, -0.05) is 11.3 Å². The van der Waals surface area contributed by atoms with E-state index in [4.69, 9.17) is 10.5 Å². The molecule has 1 heterocycles. The number of nitrogens with two attached hydrogens (primary N) is 1. The predicted octanol–water partition coefficient (Wildman–Crippen LogP) is 2.81. The van der Waals surface area contributed by atoms with Crippen molar-refractivity contribution in [3.05, 3.63) is 47.8 Å². The van der Waals surface area contributed by atoms with Gasteiger partial charge in [-0.05, 0) is 43.7 Å². The zero-order valence-corrected chi connectivity index (χ0v) is 12.5. The predicted molar refractivity (Wildman–Crippen MR) is 82.5 cm³/mol. The molecule has 6 heteroatoms. The van der Waals surface area contributed by atoms with Crippen molar-refractivity contribution in [2.45, 2.75) is 26.5 Å². The first kappa shape index (κ1) is 14.5. The smallest absolute Gasteiger partial charge is 0.149 e. The minimum atomic E-state index is -0.378. The molecule has 3 aromatic rings. The van der Waals surface area contributed by atoms with Crippen molar-refractivity contribution in [3.63, 3.8) is 0 Å². The van der Waals surface area contributed by atoms with E-state index >= 15 is 0 Å². The van der Waals surface area contributed by atoms with Gasteiger partial charge in [0, 0.05) is 12.6 Å². The summed E-state index contributed by atoms with van der Waals surface area (Å²) in [5.41, 5.74) is 7.97. The first-order valence-electron chi connectivity index (χ1n) is 7.09. The minimum Gasteiger partial charge on any atom is -0.491 e. The minimum absolute atomic E-state index is 0.0775. The molecule has 0 radical (unpaired) electrons. The Morgan fingerprint density at radius 3 is 2.73 bits per heavy atom. The van der Waals surface area contributed by atoms with Crippen LogP contribution in [0.15, 0.2) is 36.4 Å². The van der Waals surface area contributed by atoms with Crippen LogP contribution < -0.4 is 10.5 Å². The molecular weight excluding hydrogens is 283 g/mol. The summed E-state index contributed by atoms with van der Waals surface area (Å²) in [6.07, 6.45) is 0.0775. The van der Waals surface area contributed by atoms with E-state index in [1.807, 2.05) is 26.0 Å². The van der Waals surface area contributed by atoms with Gasteiger partial charge in [0.2, 0.25) is 0 Å². The topological polar surface area (TPSA) is 66.0 Å². The third kappa shape index (κ3) is 2.65. The van der Waals surface area contributed by atoms with Crippen LogP contribution in [0.4, 0.5) is 4.39 Å². The summed E-state index contributed by atoms with van der Waals surface area (Å²) in [5.74, 6) is 0.339. The van der Waals surface area contributed by atoms with Gasteiger partial charge in [0.1, 0.15) is 22.8 Å². The Morgan fingerprint density at radius 2 is 2.05 bits per heavy atom. The summed E-state index contributed by atoms with van der Waals surface area (Å²) in [6.45, 7) is 4.20. The maximum absolute atomic E-state index is 14.2. The van der Waals surface area contributed by atoms with E-state index in [1.165, 1.54) is 10.7 Å². The normalized spacial score (nSPS) is 11.3. The number of benzene rings is 2. The lowest BCUT2D eigenvalue weighted by Gasteiger charge is -2.09. The highest BCUT2D eigenvalue weighted by Gasteiger charge is 2.12. The second-order valence-corrected chi connectivity index (χ2v) is 5.31. The van der Waals surface area contributed by atoms with Crippen molar-refractivity contribution in [1.82, 2.24) is 15.0 Å². The number of halogens is 1. The lowest BCUT2D eigenvalue weighted by molar-refractivity contribution is 0.242. The van der Waals surface area contributed by atoms with E-state index < -0.39 is 0 Å². The highest BCUT2D eigenvalue weighted by molar-refractivity contribution is 5.77. The summed E-state index contributed by atoms with van der Waals surface area (Å²) < 4.78 is 21.3. The molecule has 0 saturated heterocycles. The summed E-state index contributed by atoms with van der Waals surface area (Å²) in [6, 6.07) is 10.3. The van der Waals surface area contributed by atoms with Crippen LogP contribution in [-0.4, -0.2) is 21.1 Å². The number of rotatable bonds is 4. The standard InChI is InChI=1S/C16H17FN4O/c1-10(2)22-12-4-6-16-14(8-12)19-20-21(16)15-5-3-11(9-18)7-13(15)17/h3-8,10H,9,18H2,1-2H3. The van der Waals surface area contributed by atoms with E-state index in [2.05, 4.69) is 10.3 Å². The summed E-state index contributed by atoms with van der Waals surface area (Å²) in [4.78, 5) is 0. The first-order valence-corrected chi connectivity index (χ1v) is 7.09. The molecule has 0 aliphatic heterocycles.